The second kappa shape index (κ2) is 8.07. The Hall–Kier alpha value is -0.0888. The number of benzene rings is 1. The zero-order valence-corrected chi connectivity index (χ0v) is 18.9. The summed E-state index contributed by atoms with van der Waals surface area (Å²) >= 11 is -0.556. The molecule has 24 heavy (non-hydrogen) atoms. The number of allylic oxidation sites excluding steroid dienone is 5. The zero-order chi connectivity index (χ0) is 18.0. The second-order valence-electron chi connectivity index (χ2n) is 7.41. The molecule has 0 aliphatic heterocycles. The van der Waals surface area contributed by atoms with E-state index in [1.165, 1.54) is 27.8 Å². The maximum absolute atomic E-state index is 5.15. The van der Waals surface area contributed by atoms with Crippen LogP contribution in [-0.4, -0.2) is 13.8 Å². The van der Waals surface area contributed by atoms with E-state index in [0.29, 0.717) is 0 Å². The third kappa shape index (κ3) is 4.75. The summed E-state index contributed by atoms with van der Waals surface area (Å²) in [7, 11) is 7.99. The van der Waals surface area contributed by atoms with Crippen molar-refractivity contribution in [3.8, 4) is 0 Å². The molecule has 0 N–H and O–H groups in total. The molecule has 3 rings (SSSR count). The second-order valence-corrected chi connectivity index (χ2v) is 13.9. The van der Waals surface area contributed by atoms with Crippen LogP contribution in [0.15, 0.2) is 53.3 Å². The first-order valence-electron chi connectivity index (χ1n) is 7.97. The Morgan fingerprint density at radius 1 is 0.958 bits per heavy atom. The average Bonchev–Trinajstić information content (AvgIpc) is 2.91. The van der Waals surface area contributed by atoms with E-state index in [1.54, 1.807) is 0 Å². The fourth-order valence-electron chi connectivity index (χ4n) is 3.40. The summed E-state index contributed by atoms with van der Waals surface area (Å²) < 4.78 is 0. The van der Waals surface area contributed by atoms with Gasteiger partial charge in [0, 0.05) is 0 Å². The Kier molecular flexibility index (Phi) is 6.80. The van der Waals surface area contributed by atoms with Crippen molar-refractivity contribution in [2.45, 2.75) is 39.4 Å². The van der Waals surface area contributed by atoms with Crippen LogP contribution in [-0.2, 0) is 17.0 Å². The standard InChI is InChI=1S/C19H23NSi.2ClH.Ti/c1-19(2,3)20-21(4,5)18-13-12-16-15-9-7-6-8-14(15)10-11-17(16)18;;;/h6-13H,1-5H3;2*1H;/q-1;;;+2/p-2. The van der Waals surface area contributed by atoms with Gasteiger partial charge in [-0.25, -0.2) is 0 Å². The van der Waals surface area contributed by atoms with Gasteiger partial charge in [0.15, 0.2) is 0 Å². The van der Waals surface area contributed by atoms with Gasteiger partial charge in [0.2, 0.25) is 0 Å². The molecule has 0 spiro atoms. The summed E-state index contributed by atoms with van der Waals surface area (Å²) in [6.45, 7) is 11.3. The van der Waals surface area contributed by atoms with E-state index in [1.807, 2.05) is 0 Å². The summed E-state index contributed by atoms with van der Waals surface area (Å²) in [5.74, 6) is 1.37. The van der Waals surface area contributed by atoms with Gasteiger partial charge in [0.1, 0.15) is 0 Å². The zero-order valence-electron chi connectivity index (χ0n) is 14.8. The molecule has 0 saturated heterocycles. The Labute approximate surface area is 164 Å². The monoisotopic (exact) mass is 411 g/mol. The van der Waals surface area contributed by atoms with Crippen LogP contribution >= 0.6 is 18.6 Å². The Bertz CT molecular complexity index is 687. The summed E-state index contributed by atoms with van der Waals surface area (Å²) in [6, 6.07) is 8.63. The van der Waals surface area contributed by atoms with Crippen molar-refractivity contribution < 1.29 is 17.0 Å². The predicted molar refractivity (Wildman–Crippen MR) is 106 cm³/mol. The molecule has 2 aliphatic carbocycles. The first-order chi connectivity index (χ1) is 11.2. The molecule has 5 heteroatoms. The molecule has 127 valence electrons. The van der Waals surface area contributed by atoms with E-state index in [-0.39, 0.29) is 5.54 Å². The minimum absolute atomic E-state index is 0.0240. The molecule has 0 saturated carbocycles. The van der Waals surface area contributed by atoms with Gasteiger partial charge < -0.3 is 4.98 Å². The van der Waals surface area contributed by atoms with Gasteiger partial charge in [-0.2, -0.15) is 0 Å². The van der Waals surface area contributed by atoms with Gasteiger partial charge >= 0.3 is 35.6 Å². The van der Waals surface area contributed by atoms with Crippen LogP contribution in [0.2, 0.25) is 13.1 Å². The molecular weight excluding hydrogens is 389 g/mol. The Balaban J connectivity index is 0.000000647. The van der Waals surface area contributed by atoms with Crippen molar-refractivity contribution in [1.82, 2.24) is 0 Å². The van der Waals surface area contributed by atoms with E-state index >= 15 is 0 Å². The number of rotatable bonds is 2. The molecule has 1 nitrogen and oxygen atoms in total. The minimum atomic E-state index is -1.79. The van der Waals surface area contributed by atoms with E-state index < -0.39 is 25.3 Å². The molecule has 2 aliphatic rings. The van der Waals surface area contributed by atoms with Crippen LogP contribution in [0, 0.1) is 5.92 Å². The van der Waals surface area contributed by atoms with Crippen molar-refractivity contribution >= 4 is 32.9 Å². The Morgan fingerprint density at radius 3 is 2.21 bits per heavy atom. The molecule has 1 aromatic rings. The van der Waals surface area contributed by atoms with E-state index in [9.17, 15) is 0 Å². The summed E-state index contributed by atoms with van der Waals surface area (Å²) in [6.07, 6.45) is 9.10. The van der Waals surface area contributed by atoms with Crippen molar-refractivity contribution in [3.05, 3.63) is 75.3 Å². The summed E-state index contributed by atoms with van der Waals surface area (Å²) in [5, 5.41) is 1.46. The molecule has 1 aromatic carbocycles. The van der Waals surface area contributed by atoms with Crippen LogP contribution in [0.1, 0.15) is 31.9 Å². The molecule has 0 heterocycles. The predicted octanol–water partition coefficient (Wildman–Crippen LogP) is 6.80. The van der Waals surface area contributed by atoms with Crippen molar-refractivity contribution in [3.63, 3.8) is 0 Å². The third-order valence-corrected chi connectivity index (χ3v) is 6.94. The van der Waals surface area contributed by atoms with Gasteiger partial charge in [-0.05, 0) is 24.9 Å². The van der Waals surface area contributed by atoms with E-state index in [0.717, 1.165) is 0 Å². The molecule has 0 atom stereocenters. The fraction of sp³-hybridized carbons (Fsp3) is 0.316. The topological polar surface area (TPSA) is 14.1 Å². The number of halogens is 2. The van der Waals surface area contributed by atoms with E-state index in [4.69, 9.17) is 23.6 Å². The third-order valence-electron chi connectivity index (χ3n) is 3.95. The molecule has 1 radical (unpaired) electrons. The number of fused-ring (bicyclic) bond motifs is 3. The van der Waals surface area contributed by atoms with Crippen LogP contribution in [0.25, 0.3) is 11.1 Å². The van der Waals surface area contributed by atoms with Crippen LogP contribution in [0.3, 0.4) is 0 Å². The van der Waals surface area contributed by atoms with Gasteiger partial charge in [0.05, 0.1) is 5.92 Å². The normalized spacial score (nSPS) is 16.5. The summed E-state index contributed by atoms with van der Waals surface area (Å²) in [4.78, 5) is 5.15. The first-order valence-corrected chi connectivity index (χ1v) is 15.2. The first kappa shape index (κ1) is 20.2. The van der Waals surface area contributed by atoms with Crippen LogP contribution < -0.4 is 0 Å². The van der Waals surface area contributed by atoms with Crippen LogP contribution in [0.4, 0.5) is 0 Å². The summed E-state index contributed by atoms with van der Waals surface area (Å²) in [5.41, 5.74) is 4.07. The fourth-order valence-corrected chi connectivity index (χ4v) is 6.56. The Morgan fingerprint density at radius 2 is 1.58 bits per heavy atom. The van der Waals surface area contributed by atoms with Gasteiger partial charge in [-0.3, -0.25) is 0 Å². The number of hydrogen-bond donors (Lipinski definition) is 0. The quantitative estimate of drug-likeness (QED) is 0.475. The van der Waals surface area contributed by atoms with Crippen molar-refractivity contribution in [2.75, 3.05) is 0 Å². The van der Waals surface area contributed by atoms with Crippen LogP contribution in [0.5, 0.6) is 0 Å². The molecular formula is C19H23Cl2NSiTi-. The molecule has 0 fully saturated rings. The SMILES string of the molecule is CC(C)(C)[N-][Si](C)(C)C1=C2C=Cc3ccccc3[C]2C=C1.[Cl][Ti][Cl]. The maximum atomic E-state index is 5.15. The molecule has 0 unspecified atom stereocenters. The molecule has 0 amide bonds. The van der Waals surface area contributed by atoms with Gasteiger partial charge in [-0.15, -0.1) is 5.54 Å². The van der Waals surface area contributed by atoms with E-state index in [2.05, 4.69) is 82.4 Å². The molecule has 0 aromatic heterocycles. The number of hydrogen-bond acceptors (Lipinski definition) is 0. The van der Waals surface area contributed by atoms with Crippen molar-refractivity contribution in [1.29, 1.82) is 0 Å². The number of nitrogens with zero attached hydrogens (tertiary/aromatic N) is 1. The van der Waals surface area contributed by atoms with Gasteiger partial charge in [-0.1, -0.05) is 87.6 Å². The van der Waals surface area contributed by atoms with Crippen molar-refractivity contribution in [2.24, 2.45) is 0 Å². The van der Waals surface area contributed by atoms with Gasteiger partial charge in [0.25, 0.3) is 0 Å². The average molecular weight is 412 g/mol. The molecule has 0 bridgehead atoms.